The minimum atomic E-state index is -0.550. The van der Waals surface area contributed by atoms with Crippen LogP contribution in [-0.2, 0) is 14.3 Å². The van der Waals surface area contributed by atoms with Crippen molar-refractivity contribution in [2.75, 3.05) is 26.9 Å². The first-order chi connectivity index (χ1) is 14.0. The molecule has 1 amide bonds. The summed E-state index contributed by atoms with van der Waals surface area (Å²) < 4.78 is 16.3. The molecule has 0 bridgehead atoms. The molecule has 0 aliphatic heterocycles. The largest absolute Gasteiger partial charge is 0.482 e. The van der Waals surface area contributed by atoms with Crippen LogP contribution in [0.15, 0.2) is 58.6 Å². The first-order valence-electron chi connectivity index (χ1n) is 8.60. The average molecular weight is 459 g/mol. The van der Waals surface area contributed by atoms with Crippen molar-refractivity contribution in [1.82, 2.24) is 5.32 Å². The fourth-order valence-electron chi connectivity index (χ4n) is 2.14. The van der Waals surface area contributed by atoms with Crippen LogP contribution in [0.4, 0.5) is 0 Å². The molecule has 0 saturated carbocycles. The summed E-state index contributed by atoms with van der Waals surface area (Å²) in [6.45, 7) is 0.436. The van der Waals surface area contributed by atoms with Crippen molar-refractivity contribution in [3.63, 3.8) is 0 Å². The second-order valence-electron chi connectivity index (χ2n) is 5.70. The first-order valence-corrected chi connectivity index (χ1v) is 9.39. The van der Waals surface area contributed by atoms with Crippen molar-refractivity contribution >= 4 is 33.9 Å². The van der Waals surface area contributed by atoms with E-state index in [1.54, 1.807) is 48.5 Å². The van der Waals surface area contributed by atoms with Crippen molar-refractivity contribution in [3.05, 3.63) is 64.1 Å². The van der Waals surface area contributed by atoms with Gasteiger partial charge in [-0.1, -0.05) is 28.1 Å². The Bertz CT molecular complexity index is 902. The summed E-state index contributed by atoms with van der Waals surface area (Å²) in [7, 11) is 1.52. The number of nitrogens with one attached hydrogen (secondary N) is 1. The van der Waals surface area contributed by atoms with E-state index in [0.717, 1.165) is 4.47 Å². The van der Waals surface area contributed by atoms with Gasteiger partial charge in [0.2, 0.25) is 0 Å². The molecule has 0 unspecified atom stereocenters. The van der Waals surface area contributed by atoms with E-state index < -0.39 is 11.9 Å². The number of esters is 1. The molecule has 29 heavy (non-hydrogen) atoms. The van der Waals surface area contributed by atoms with E-state index in [9.17, 15) is 9.59 Å². The number of methoxy groups -OCH3 is 1. The third-order valence-corrected chi connectivity index (χ3v) is 4.08. The Labute approximate surface area is 177 Å². The van der Waals surface area contributed by atoms with Gasteiger partial charge in [-0.3, -0.25) is 4.79 Å². The molecule has 150 valence electrons. The highest BCUT2D eigenvalue weighted by atomic mass is 79.9. The van der Waals surface area contributed by atoms with Crippen molar-refractivity contribution in [1.29, 1.82) is 5.26 Å². The van der Waals surface area contributed by atoms with Crippen molar-refractivity contribution in [3.8, 4) is 17.6 Å². The van der Waals surface area contributed by atoms with Crippen LogP contribution < -0.4 is 14.8 Å². The maximum absolute atomic E-state index is 11.9. The van der Waals surface area contributed by atoms with E-state index in [1.165, 1.54) is 13.2 Å². The van der Waals surface area contributed by atoms with Gasteiger partial charge in [0.15, 0.2) is 6.61 Å². The summed E-state index contributed by atoms with van der Waals surface area (Å²) in [5.74, 6) is -0.148. The van der Waals surface area contributed by atoms with Crippen LogP contribution in [0.5, 0.6) is 11.5 Å². The van der Waals surface area contributed by atoms with Gasteiger partial charge in [-0.2, -0.15) is 5.26 Å². The van der Waals surface area contributed by atoms with E-state index in [1.807, 2.05) is 6.07 Å². The molecule has 8 heteroatoms. The van der Waals surface area contributed by atoms with Crippen molar-refractivity contribution in [2.24, 2.45) is 0 Å². The Hall–Kier alpha value is -3.15. The summed E-state index contributed by atoms with van der Waals surface area (Å²) in [5, 5.41) is 11.7. The molecule has 2 aromatic carbocycles. The smallest absolute Gasteiger partial charge is 0.349 e. The Balaban J connectivity index is 1.89. The second-order valence-corrected chi connectivity index (χ2v) is 6.62. The molecular weight excluding hydrogens is 440 g/mol. The van der Waals surface area contributed by atoms with Gasteiger partial charge < -0.3 is 19.5 Å². The number of carbonyl (C=O) groups excluding carboxylic acids is 2. The zero-order valence-corrected chi connectivity index (χ0v) is 17.3. The molecule has 0 atom stereocenters. The molecule has 0 saturated heterocycles. The summed E-state index contributed by atoms with van der Waals surface area (Å²) in [5.41, 5.74) is 0.586. The van der Waals surface area contributed by atoms with Gasteiger partial charge in [0.05, 0.1) is 6.61 Å². The number of ether oxygens (including phenoxy) is 3. The quantitative estimate of drug-likeness (QED) is 0.204. The van der Waals surface area contributed by atoms with E-state index in [-0.39, 0.29) is 12.2 Å². The first kappa shape index (κ1) is 22.1. The predicted molar refractivity (Wildman–Crippen MR) is 110 cm³/mol. The maximum Gasteiger partial charge on any atom is 0.349 e. The molecule has 2 aromatic rings. The van der Waals surface area contributed by atoms with E-state index in [2.05, 4.69) is 21.2 Å². The van der Waals surface area contributed by atoms with Crippen LogP contribution in [0.1, 0.15) is 5.56 Å². The summed E-state index contributed by atoms with van der Waals surface area (Å²) in [6, 6.07) is 15.4. The van der Waals surface area contributed by atoms with Crippen LogP contribution in [0, 0.1) is 11.3 Å². The number of amides is 1. The fraction of sp³-hybridized carbons (Fsp3) is 0.190. The lowest BCUT2D eigenvalue weighted by atomic mass is 10.1. The molecular formula is C21H19BrN2O5. The van der Waals surface area contributed by atoms with Gasteiger partial charge in [0.25, 0.3) is 5.91 Å². The average Bonchev–Trinajstić information content (AvgIpc) is 2.73. The fourth-order valence-corrected chi connectivity index (χ4v) is 2.41. The lowest BCUT2D eigenvalue weighted by molar-refractivity contribution is -0.136. The minimum Gasteiger partial charge on any atom is -0.482 e. The highest BCUT2D eigenvalue weighted by Gasteiger charge is 2.09. The lowest BCUT2D eigenvalue weighted by Gasteiger charge is -2.07. The third kappa shape index (κ3) is 7.78. The molecule has 0 aliphatic carbocycles. The SMILES string of the molecule is COCCNC(=O)/C(C#N)=C/c1ccc(OC(=O)COc2ccc(Br)cc2)cc1. The Morgan fingerprint density at radius 2 is 1.76 bits per heavy atom. The van der Waals surface area contributed by atoms with Crippen LogP contribution >= 0.6 is 15.9 Å². The van der Waals surface area contributed by atoms with Gasteiger partial charge in [-0.05, 0) is 48.0 Å². The number of benzene rings is 2. The van der Waals surface area contributed by atoms with Crippen LogP contribution in [0.3, 0.4) is 0 Å². The summed E-state index contributed by atoms with van der Waals surface area (Å²) >= 11 is 3.32. The highest BCUT2D eigenvalue weighted by molar-refractivity contribution is 9.10. The van der Waals surface area contributed by atoms with Gasteiger partial charge in [0.1, 0.15) is 23.1 Å². The van der Waals surface area contributed by atoms with Crippen LogP contribution in [0.25, 0.3) is 6.08 Å². The number of halogens is 1. The molecule has 0 heterocycles. The Morgan fingerprint density at radius 1 is 1.10 bits per heavy atom. The van der Waals surface area contributed by atoms with Gasteiger partial charge in [0, 0.05) is 18.1 Å². The highest BCUT2D eigenvalue weighted by Crippen LogP contribution is 2.17. The zero-order chi connectivity index (χ0) is 21.1. The molecule has 0 radical (unpaired) electrons. The molecule has 0 aromatic heterocycles. The molecule has 0 aliphatic rings. The monoisotopic (exact) mass is 458 g/mol. The second kappa shape index (κ2) is 11.6. The lowest BCUT2D eigenvalue weighted by Crippen LogP contribution is -2.27. The van der Waals surface area contributed by atoms with Crippen LogP contribution in [0.2, 0.25) is 0 Å². The number of nitriles is 1. The van der Waals surface area contributed by atoms with E-state index in [4.69, 9.17) is 19.5 Å². The number of rotatable bonds is 9. The summed E-state index contributed by atoms with van der Waals surface area (Å²) in [4.78, 5) is 23.8. The molecule has 0 fully saturated rings. The molecule has 0 spiro atoms. The van der Waals surface area contributed by atoms with Crippen molar-refractivity contribution < 1.29 is 23.8 Å². The summed E-state index contributed by atoms with van der Waals surface area (Å²) in [6.07, 6.45) is 1.45. The minimum absolute atomic E-state index is 0.0336. The number of hydrogen-bond acceptors (Lipinski definition) is 6. The van der Waals surface area contributed by atoms with Crippen molar-refractivity contribution in [2.45, 2.75) is 0 Å². The number of carbonyl (C=O) groups is 2. The number of hydrogen-bond donors (Lipinski definition) is 1. The Morgan fingerprint density at radius 3 is 2.38 bits per heavy atom. The molecule has 7 nitrogen and oxygen atoms in total. The molecule has 2 rings (SSSR count). The van der Waals surface area contributed by atoms with E-state index in [0.29, 0.717) is 30.2 Å². The van der Waals surface area contributed by atoms with E-state index >= 15 is 0 Å². The van der Waals surface area contributed by atoms with Crippen LogP contribution in [-0.4, -0.2) is 38.7 Å². The normalized spacial score (nSPS) is 10.7. The molecule has 1 N–H and O–H groups in total. The third-order valence-electron chi connectivity index (χ3n) is 3.55. The predicted octanol–water partition coefficient (Wildman–Crippen LogP) is 3.10. The Kier molecular flexibility index (Phi) is 8.89. The van der Waals surface area contributed by atoms with Gasteiger partial charge in [-0.15, -0.1) is 0 Å². The standard InChI is InChI=1S/C21H19BrN2O5/c1-27-11-10-24-21(26)16(13-23)12-15-2-6-19(7-3-15)29-20(25)14-28-18-8-4-17(22)5-9-18/h2-9,12H,10-11,14H2,1H3,(H,24,26)/b16-12+. The zero-order valence-electron chi connectivity index (χ0n) is 15.7. The maximum atomic E-state index is 11.9. The topological polar surface area (TPSA) is 97.6 Å². The van der Waals surface area contributed by atoms with Gasteiger partial charge in [-0.25, -0.2) is 4.79 Å². The number of nitrogens with zero attached hydrogens (tertiary/aromatic N) is 1. The van der Waals surface area contributed by atoms with Gasteiger partial charge >= 0.3 is 5.97 Å².